The zero-order chi connectivity index (χ0) is 25.6. The Labute approximate surface area is 216 Å². The molecule has 0 unspecified atom stereocenters. The van der Waals surface area contributed by atoms with Gasteiger partial charge in [0.05, 0.1) is 19.9 Å². The number of methoxy groups -OCH3 is 2. The molecule has 0 spiro atoms. The molecular weight excluding hydrogens is 466 g/mol. The van der Waals surface area contributed by atoms with E-state index >= 15 is 0 Å². The van der Waals surface area contributed by atoms with Crippen molar-refractivity contribution in [1.29, 1.82) is 0 Å². The fourth-order valence-corrected chi connectivity index (χ4v) is 4.41. The largest absolute Gasteiger partial charge is 0.497 e. The van der Waals surface area contributed by atoms with Crippen LogP contribution in [0.2, 0.25) is 0 Å². The molecule has 1 aliphatic heterocycles. The van der Waals surface area contributed by atoms with Gasteiger partial charge in [-0.05, 0) is 24.3 Å². The fraction of sp³-hybridized carbons (Fsp3) is 0.207. The minimum Gasteiger partial charge on any atom is -0.497 e. The third kappa shape index (κ3) is 5.33. The van der Waals surface area contributed by atoms with Crippen molar-refractivity contribution in [2.75, 3.05) is 50.6 Å². The third-order valence-electron chi connectivity index (χ3n) is 6.38. The van der Waals surface area contributed by atoms with E-state index in [9.17, 15) is 4.79 Å². The first-order chi connectivity index (χ1) is 18.2. The number of benzene rings is 3. The second-order valence-corrected chi connectivity index (χ2v) is 8.63. The van der Waals surface area contributed by atoms with E-state index in [0.29, 0.717) is 49.1 Å². The number of amides is 1. The maximum Gasteiger partial charge on any atom is 0.259 e. The highest BCUT2D eigenvalue weighted by Crippen LogP contribution is 2.30. The van der Waals surface area contributed by atoms with E-state index < -0.39 is 0 Å². The van der Waals surface area contributed by atoms with Gasteiger partial charge >= 0.3 is 0 Å². The number of nitrogens with one attached hydrogen (secondary N) is 1. The molecule has 3 aromatic carbocycles. The zero-order valence-electron chi connectivity index (χ0n) is 20.9. The van der Waals surface area contributed by atoms with E-state index in [1.807, 2.05) is 83.8 Å². The number of carbonyl (C=O) groups excluding carboxylic acids is 1. The van der Waals surface area contributed by atoms with Gasteiger partial charge in [-0.15, -0.1) is 0 Å². The first kappa shape index (κ1) is 24.1. The molecular formula is C29H29N5O3. The zero-order valence-corrected chi connectivity index (χ0v) is 20.9. The maximum absolute atomic E-state index is 13.7. The lowest BCUT2D eigenvalue weighted by Gasteiger charge is -2.36. The van der Waals surface area contributed by atoms with Gasteiger partial charge < -0.3 is 24.6 Å². The van der Waals surface area contributed by atoms with Crippen LogP contribution in [-0.2, 0) is 0 Å². The molecule has 8 heteroatoms. The average Bonchev–Trinajstić information content (AvgIpc) is 2.97. The van der Waals surface area contributed by atoms with Crippen LogP contribution in [0.3, 0.4) is 0 Å². The molecule has 0 radical (unpaired) electrons. The van der Waals surface area contributed by atoms with Crippen molar-refractivity contribution in [2.45, 2.75) is 0 Å². The summed E-state index contributed by atoms with van der Waals surface area (Å²) in [7, 11) is 3.30. The lowest BCUT2D eigenvalue weighted by Crippen LogP contribution is -2.49. The Hall–Kier alpha value is -4.59. The van der Waals surface area contributed by atoms with Crippen molar-refractivity contribution in [3.8, 4) is 22.9 Å². The molecule has 1 fully saturated rings. The summed E-state index contributed by atoms with van der Waals surface area (Å²) in [6.45, 7) is 2.56. The van der Waals surface area contributed by atoms with E-state index in [2.05, 4.69) is 15.2 Å². The molecule has 0 atom stereocenters. The summed E-state index contributed by atoms with van der Waals surface area (Å²) in [5.74, 6) is 2.44. The van der Waals surface area contributed by atoms with Crippen molar-refractivity contribution in [1.82, 2.24) is 14.9 Å². The summed E-state index contributed by atoms with van der Waals surface area (Å²) in [4.78, 5) is 27.1. The number of hydrogen-bond acceptors (Lipinski definition) is 7. The Kier molecular flexibility index (Phi) is 7.16. The molecule has 0 bridgehead atoms. The molecule has 4 aromatic rings. The molecule has 8 nitrogen and oxygen atoms in total. The molecule has 0 aliphatic carbocycles. The first-order valence-corrected chi connectivity index (χ1v) is 12.2. The van der Waals surface area contributed by atoms with Gasteiger partial charge in [0.2, 0.25) is 0 Å². The molecule has 1 amide bonds. The van der Waals surface area contributed by atoms with Crippen molar-refractivity contribution in [3.05, 3.63) is 90.6 Å². The minimum atomic E-state index is -0.107. The van der Waals surface area contributed by atoms with E-state index in [0.717, 1.165) is 22.7 Å². The fourth-order valence-electron chi connectivity index (χ4n) is 4.41. The summed E-state index contributed by atoms with van der Waals surface area (Å²) < 4.78 is 10.9. The Morgan fingerprint density at radius 1 is 0.865 bits per heavy atom. The predicted octanol–water partition coefficient (Wildman–Crippen LogP) is 4.87. The number of anilines is 3. The first-order valence-electron chi connectivity index (χ1n) is 12.2. The van der Waals surface area contributed by atoms with E-state index in [1.165, 1.54) is 0 Å². The summed E-state index contributed by atoms with van der Waals surface area (Å²) >= 11 is 0. The van der Waals surface area contributed by atoms with Gasteiger partial charge in [-0.3, -0.25) is 4.79 Å². The number of para-hydroxylation sites is 2. The SMILES string of the molecule is COc1cccc(Nc2nc(-c3ccccc3)ncc2C(=O)N2CCN(c3ccccc3OC)CC2)c1. The number of aromatic nitrogens is 2. The number of ether oxygens (including phenoxy) is 2. The number of piperazine rings is 1. The van der Waals surface area contributed by atoms with Crippen molar-refractivity contribution >= 4 is 23.1 Å². The van der Waals surface area contributed by atoms with Crippen LogP contribution < -0.4 is 19.7 Å². The standard InChI is InChI=1S/C29H29N5O3/c1-36-23-12-8-11-22(19-23)31-28-24(20-30-27(32-28)21-9-4-3-5-10-21)29(35)34-17-15-33(16-18-34)25-13-6-7-14-26(25)37-2/h3-14,19-20H,15-18H2,1-2H3,(H,30,31,32). The summed E-state index contributed by atoms with van der Waals surface area (Å²) in [6, 6.07) is 25.2. The van der Waals surface area contributed by atoms with Crippen LogP contribution in [-0.4, -0.2) is 61.2 Å². The number of nitrogens with zero attached hydrogens (tertiary/aromatic N) is 4. The summed E-state index contributed by atoms with van der Waals surface area (Å²) in [6.07, 6.45) is 1.62. The van der Waals surface area contributed by atoms with Gasteiger partial charge in [-0.2, -0.15) is 0 Å². The van der Waals surface area contributed by atoms with Crippen molar-refractivity contribution in [3.63, 3.8) is 0 Å². The van der Waals surface area contributed by atoms with Gasteiger partial charge in [0.15, 0.2) is 5.82 Å². The molecule has 1 N–H and O–H groups in total. The highest BCUT2D eigenvalue weighted by molar-refractivity contribution is 5.99. The normalized spacial score (nSPS) is 13.2. The summed E-state index contributed by atoms with van der Waals surface area (Å²) in [5, 5.41) is 3.32. The van der Waals surface area contributed by atoms with Crippen LogP contribution in [0.25, 0.3) is 11.4 Å². The molecule has 0 saturated carbocycles. The van der Waals surface area contributed by atoms with Crippen LogP contribution in [0.1, 0.15) is 10.4 Å². The lowest BCUT2D eigenvalue weighted by molar-refractivity contribution is 0.0747. The Balaban J connectivity index is 1.40. The number of rotatable bonds is 7. The predicted molar refractivity (Wildman–Crippen MR) is 145 cm³/mol. The van der Waals surface area contributed by atoms with Gasteiger partial charge in [-0.25, -0.2) is 9.97 Å². The average molecular weight is 496 g/mol. The van der Waals surface area contributed by atoms with Gasteiger partial charge in [0.1, 0.15) is 22.9 Å². The van der Waals surface area contributed by atoms with Crippen molar-refractivity contribution in [2.24, 2.45) is 0 Å². The molecule has 188 valence electrons. The Bertz CT molecular complexity index is 1370. The van der Waals surface area contributed by atoms with Crippen LogP contribution in [0.15, 0.2) is 85.1 Å². The molecule has 2 heterocycles. The van der Waals surface area contributed by atoms with Gasteiger partial charge in [0.25, 0.3) is 5.91 Å². The minimum absolute atomic E-state index is 0.107. The smallest absolute Gasteiger partial charge is 0.259 e. The van der Waals surface area contributed by atoms with Crippen LogP contribution in [0.5, 0.6) is 11.5 Å². The molecule has 1 aromatic heterocycles. The maximum atomic E-state index is 13.7. The molecule has 37 heavy (non-hydrogen) atoms. The highest BCUT2D eigenvalue weighted by atomic mass is 16.5. The monoisotopic (exact) mass is 495 g/mol. The molecule has 1 saturated heterocycles. The van der Waals surface area contributed by atoms with Crippen LogP contribution >= 0.6 is 0 Å². The number of hydrogen-bond donors (Lipinski definition) is 1. The topological polar surface area (TPSA) is 79.8 Å². The van der Waals surface area contributed by atoms with E-state index in [4.69, 9.17) is 14.5 Å². The van der Waals surface area contributed by atoms with E-state index in [1.54, 1.807) is 20.4 Å². The molecule has 1 aliphatic rings. The van der Waals surface area contributed by atoms with Gasteiger partial charge in [-0.1, -0.05) is 48.5 Å². The van der Waals surface area contributed by atoms with Gasteiger partial charge in [0, 0.05) is 49.7 Å². The van der Waals surface area contributed by atoms with Crippen LogP contribution in [0, 0.1) is 0 Å². The Morgan fingerprint density at radius 2 is 1.62 bits per heavy atom. The second kappa shape index (κ2) is 11.0. The molecule has 5 rings (SSSR count). The quantitative estimate of drug-likeness (QED) is 0.392. The second-order valence-electron chi connectivity index (χ2n) is 8.63. The highest BCUT2D eigenvalue weighted by Gasteiger charge is 2.26. The summed E-state index contributed by atoms with van der Waals surface area (Å²) in [5.41, 5.74) is 3.11. The van der Waals surface area contributed by atoms with Crippen molar-refractivity contribution < 1.29 is 14.3 Å². The number of carbonyl (C=O) groups is 1. The Morgan fingerprint density at radius 3 is 2.38 bits per heavy atom. The third-order valence-corrected chi connectivity index (χ3v) is 6.38. The van der Waals surface area contributed by atoms with Crippen LogP contribution in [0.4, 0.5) is 17.2 Å². The lowest BCUT2D eigenvalue weighted by atomic mass is 10.1. The van der Waals surface area contributed by atoms with E-state index in [-0.39, 0.29) is 5.91 Å².